The summed E-state index contributed by atoms with van der Waals surface area (Å²) in [5, 5.41) is 3.51. The maximum atomic E-state index is 11.4. The van der Waals surface area contributed by atoms with Gasteiger partial charge in [-0.3, -0.25) is 9.63 Å². The molecule has 6 heteroatoms. The Morgan fingerprint density at radius 2 is 1.88 bits per heavy atom. The fourth-order valence-corrected chi connectivity index (χ4v) is 0.957. The van der Waals surface area contributed by atoms with Crippen molar-refractivity contribution in [2.45, 2.75) is 33.3 Å². The minimum absolute atomic E-state index is 0.142. The van der Waals surface area contributed by atoms with E-state index in [9.17, 15) is 9.59 Å². The lowest BCUT2D eigenvalue weighted by Crippen LogP contribution is -2.41. The summed E-state index contributed by atoms with van der Waals surface area (Å²) in [5.74, 6) is -0.323. The topological polar surface area (TPSA) is 67.9 Å². The van der Waals surface area contributed by atoms with Crippen molar-refractivity contribution >= 4 is 12.0 Å². The lowest BCUT2D eigenvalue weighted by Gasteiger charge is -2.21. The molecular formula is C10H20N2O4. The molecule has 16 heavy (non-hydrogen) atoms. The molecule has 0 unspecified atom stereocenters. The summed E-state index contributed by atoms with van der Waals surface area (Å²) < 4.78 is 4.97. The first-order valence-corrected chi connectivity index (χ1v) is 5.11. The average molecular weight is 232 g/mol. The number of carbonyl (C=O) groups excluding carboxylic acids is 2. The monoisotopic (exact) mass is 232 g/mol. The van der Waals surface area contributed by atoms with Gasteiger partial charge in [-0.15, -0.1) is 0 Å². The number of nitrogens with one attached hydrogen (secondary N) is 1. The second-order valence-corrected chi connectivity index (χ2v) is 4.13. The molecule has 0 radical (unpaired) electrons. The third-order valence-corrected chi connectivity index (χ3v) is 1.57. The molecule has 6 nitrogen and oxygen atoms in total. The Bertz CT molecular complexity index is 244. The van der Waals surface area contributed by atoms with Crippen molar-refractivity contribution in [3.05, 3.63) is 0 Å². The molecule has 2 amide bonds. The van der Waals surface area contributed by atoms with Crippen LogP contribution in [0.1, 0.15) is 27.7 Å². The molecule has 0 aliphatic carbocycles. The summed E-state index contributed by atoms with van der Waals surface area (Å²) in [7, 11) is 1.40. The van der Waals surface area contributed by atoms with Crippen LogP contribution < -0.4 is 5.32 Å². The molecule has 0 bridgehead atoms. The van der Waals surface area contributed by atoms with Gasteiger partial charge >= 0.3 is 6.09 Å². The van der Waals surface area contributed by atoms with Gasteiger partial charge in [-0.25, -0.2) is 9.86 Å². The number of hydrogen-bond donors (Lipinski definition) is 1. The van der Waals surface area contributed by atoms with Gasteiger partial charge in [0.15, 0.2) is 0 Å². The summed E-state index contributed by atoms with van der Waals surface area (Å²) in [5.41, 5.74) is -0.571. The minimum atomic E-state index is -0.618. The zero-order chi connectivity index (χ0) is 12.8. The van der Waals surface area contributed by atoms with Crippen LogP contribution in [0.4, 0.5) is 4.79 Å². The molecule has 0 aliphatic rings. The van der Waals surface area contributed by atoms with E-state index in [0.29, 0.717) is 6.54 Å². The summed E-state index contributed by atoms with van der Waals surface area (Å²) in [6.45, 7) is 7.31. The highest BCUT2D eigenvalue weighted by Gasteiger charge is 2.18. The lowest BCUT2D eigenvalue weighted by atomic mass is 10.2. The zero-order valence-corrected chi connectivity index (χ0v) is 10.5. The third-order valence-electron chi connectivity index (χ3n) is 1.57. The summed E-state index contributed by atoms with van der Waals surface area (Å²) in [6, 6.07) is 0. The minimum Gasteiger partial charge on any atom is -0.444 e. The van der Waals surface area contributed by atoms with Crippen LogP contribution in [0.5, 0.6) is 0 Å². The highest BCUT2D eigenvalue weighted by Crippen LogP contribution is 2.06. The lowest BCUT2D eigenvalue weighted by molar-refractivity contribution is -0.173. The number of carbonyl (C=O) groups is 2. The van der Waals surface area contributed by atoms with E-state index >= 15 is 0 Å². The normalized spacial score (nSPS) is 10.8. The van der Waals surface area contributed by atoms with E-state index in [1.807, 2.05) is 0 Å². The van der Waals surface area contributed by atoms with Crippen molar-refractivity contribution in [1.29, 1.82) is 0 Å². The van der Waals surface area contributed by atoms with Gasteiger partial charge in [-0.2, -0.15) is 0 Å². The van der Waals surface area contributed by atoms with Crippen molar-refractivity contribution in [2.24, 2.45) is 0 Å². The van der Waals surface area contributed by atoms with Gasteiger partial charge in [0.05, 0.1) is 7.11 Å². The van der Waals surface area contributed by atoms with E-state index in [4.69, 9.17) is 9.57 Å². The maximum absolute atomic E-state index is 11.4. The number of hydroxylamine groups is 2. The van der Waals surface area contributed by atoms with Crippen LogP contribution in [-0.4, -0.2) is 42.9 Å². The van der Waals surface area contributed by atoms with Crippen molar-refractivity contribution in [3.63, 3.8) is 0 Å². The van der Waals surface area contributed by atoms with Gasteiger partial charge in [0.25, 0.3) is 5.91 Å². The predicted molar refractivity (Wildman–Crippen MR) is 58.6 cm³/mol. The molecule has 0 fully saturated rings. The van der Waals surface area contributed by atoms with Gasteiger partial charge in [-0.1, -0.05) is 0 Å². The van der Waals surface area contributed by atoms with E-state index in [1.165, 1.54) is 7.11 Å². The van der Waals surface area contributed by atoms with Crippen LogP contribution in [0.15, 0.2) is 0 Å². The molecule has 1 N–H and O–H groups in total. The first-order chi connectivity index (χ1) is 7.30. The molecule has 0 atom stereocenters. The van der Waals surface area contributed by atoms with Crippen LogP contribution in [0, 0.1) is 0 Å². The third kappa shape index (κ3) is 6.23. The number of alkyl carbamates (subject to hydrolysis) is 1. The highest BCUT2D eigenvalue weighted by atomic mass is 16.7. The van der Waals surface area contributed by atoms with Crippen LogP contribution in [0.3, 0.4) is 0 Å². The Labute approximate surface area is 95.8 Å². The molecule has 0 spiro atoms. The number of hydrogen-bond acceptors (Lipinski definition) is 4. The smallest absolute Gasteiger partial charge is 0.408 e. The fraction of sp³-hybridized carbons (Fsp3) is 0.800. The number of likely N-dealkylation sites (N-methyl/N-ethyl adjacent to an activating group) is 1. The van der Waals surface area contributed by atoms with Gasteiger partial charge in [-0.05, 0) is 27.7 Å². The molecule has 0 rings (SSSR count). The van der Waals surface area contributed by atoms with Gasteiger partial charge in [0.2, 0.25) is 0 Å². The fourth-order valence-electron chi connectivity index (χ4n) is 0.957. The van der Waals surface area contributed by atoms with Crippen LogP contribution in [-0.2, 0) is 14.4 Å². The van der Waals surface area contributed by atoms with Crippen LogP contribution in [0.25, 0.3) is 0 Å². The molecule has 0 saturated carbocycles. The Morgan fingerprint density at radius 3 is 2.25 bits per heavy atom. The zero-order valence-electron chi connectivity index (χ0n) is 10.5. The highest BCUT2D eigenvalue weighted by molar-refractivity contribution is 5.81. The van der Waals surface area contributed by atoms with Crippen molar-refractivity contribution in [2.75, 3.05) is 20.2 Å². The largest absolute Gasteiger partial charge is 0.444 e. The van der Waals surface area contributed by atoms with Gasteiger partial charge in [0, 0.05) is 6.54 Å². The predicted octanol–water partition coefficient (Wildman–Crippen LogP) is 0.921. The molecule has 94 valence electrons. The molecule has 0 aliphatic heterocycles. The van der Waals surface area contributed by atoms with E-state index in [1.54, 1.807) is 27.7 Å². The molecule has 0 heterocycles. The van der Waals surface area contributed by atoms with Crippen LogP contribution >= 0.6 is 0 Å². The molecule has 0 aromatic heterocycles. The SMILES string of the molecule is CCN(OC)C(=O)CNC(=O)OC(C)(C)C. The molecule has 0 aromatic rings. The summed E-state index contributed by atoms with van der Waals surface area (Å²) in [4.78, 5) is 27.4. The standard InChI is InChI=1S/C10H20N2O4/c1-6-12(15-5)8(13)7-11-9(14)16-10(2,3)4/h6-7H2,1-5H3,(H,11,14). The molecular weight excluding hydrogens is 212 g/mol. The Kier molecular flexibility index (Phi) is 5.81. The number of nitrogens with zero attached hydrogens (tertiary/aromatic N) is 1. The summed E-state index contributed by atoms with van der Waals surface area (Å²) >= 11 is 0. The van der Waals surface area contributed by atoms with Crippen molar-refractivity contribution in [1.82, 2.24) is 10.4 Å². The second kappa shape index (κ2) is 6.32. The number of amides is 2. The Balaban J connectivity index is 3.97. The maximum Gasteiger partial charge on any atom is 0.408 e. The molecule has 0 saturated heterocycles. The number of ether oxygens (including phenoxy) is 1. The van der Waals surface area contributed by atoms with E-state index in [0.717, 1.165) is 5.06 Å². The van der Waals surface area contributed by atoms with Crippen molar-refractivity contribution in [3.8, 4) is 0 Å². The second-order valence-electron chi connectivity index (χ2n) is 4.13. The quantitative estimate of drug-likeness (QED) is 0.732. The number of rotatable bonds is 4. The van der Waals surface area contributed by atoms with Crippen molar-refractivity contribution < 1.29 is 19.2 Å². The first-order valence-electron chi connectivity index (χ1n) is 5.11. The Morgan fingerprint density at radius 1 is 1.31 bits per heavy atom. The van der Waals surface area contributed by atoms with E-state index in [-0.39, 0.29) is 12.5 Å². The average Bonchev–Trinajstić information content (AvgIpc) is 2.14. The van der Waals surface area contributed by atoms with E-state index < -0.39 is 11.7 Å². The van der Waals surface area contributed by atoms with E-state index in [2.05, 4.69) is 5.32 Å². The van der Waals surface area contributed by atoms with Gasteiger partial charge in [0.1, 0.15) is 12.1 Å². The first kappa shape index (κ1) is 14.7. The summed E-state index contributed by atoms with van der Waals surface area (Å²) in [6.07, 6.45) is -0.618. The molecule has 0 aromatic carbocycles. The van der Waals surface area contributed by atoms with Gasteiger partial charge < -0.3 is 10.1 Å². The van der Waals surface area contributed by atoms with Crippen LogP contribution in [0.2, 0.25) is 0 Å². The Hall–Kier alpha value is -1.30.